The van der Waals surface area contributed by atoms with Crippen LogP contribution in [0.5, 0.6) is 0 Å². The average molecular weight is 205 g/mol. The Balaban J connectivity index is 4.76. The van der Waals surface area contributed by atoms with Crippen LogP contribution < -0.4 is 11.5 Å². The van der Waals surface area contributed by atoms with E-state index in [1.807, 2.05) is 0 Å². The number of halogens is 1. The van der Waals surface area contributed by atoms with Gasteiger partial charge in [0, 0.05) is 5.88 Å². The Labute approximate surface area is 81.2 Å². The van der Waals surface area contributed by atoms with Crippen molar-refractivity contribution in [2.45, 2.75) is 18.4 Å². The highest BCUT2D eigenvalue weighted by Crippen LogP contribution is 2.18. The minimum Gasteiger partial charge on any atom is -0.385 e. The van der Waals surface area contributed by atoms with Crippen LogP contribution in [0.25, 0.3) is 0 Å². The number of nitrogens with zero attached hydrogens (tertiary/aromatic N) is 1. The molecule has 0 unspecified atom stereocenters. The number of amidine groups is 2. The van der Waals surface area contributed by atoms with Crippen molar-refractivity contribution in [2.24, 2.45) is 16.6 Å². The van der Waals surface area contributed by atoms with Crippen LogP contribution in [0.4, 0.5) is 0 Å². The fraction of sp³-hybridized carbons (Fsp3) is 0.667. The van der Waals surface area contributed by atoms with Crippen molar-refractivity contribution in [3.05, 3.63) is 0 Å². The van der Waals surface area contributed by atoms with E-state index in [1.54, 1.807) is 0 Å². The van der Waals surface area contributed by atoms with E-state index in [9.17, 15) is 0 Å². The van der Waals surface area contributed by atoms with Gasteiger partial charge in [0.1, 0.15) is 11.7 Å². The quantitative estimate of drug-likeness (QED) is 0.188. The molecule has 0 aliphatic heterocycles. The molecular formula is C6H13ClN6. The molecule has 0 aromatic carbocycles. The summed E-state index contributed by atoms with van der Waals surface area (Å²) in [5.41, 5.74) is 15.9. The first-order chi connectivity index (χ1) is 6.01. The molecule has 0 heterocycles. The third kappa shape index (κ3) is 2.38. The molecule has 6 nitrogen and oxygen atoms in total. The Bertz CT molecular complexity index is 211. The summed E-state index contributed by atoms with van der Waals surface area (Å²) >= 11 is 5.45. The maximum Gasteiger partial charge on any atom is 0.193 e. The van der Waals surface area contributed by atoms with Gasteiger partial charge in [-0.1, -0.05) is 0 Å². The Kier molecular flexibility index (Phi) is 4.33. The van der Waals surface area contributed by atoms with Gasteiger partial charge in [-0.2, -0.15) is 5.11 Å². The minimum absolute atomic E-state index is 0.227. The summed E-state index contributed by atoms with van der Waals surface area (Å²) in [6.07, 6.45) is 0.730. The summed E-state index contributed by atoms with van der Waals surface area (Å²) in [5.74, 6) is -0.419. The molecule has 0 bridgehead atoms. The molecule has 7 heteroatoms. The van der Waals surface area contributed by atoms with Crippen LogP contribution in [0, 0.1) is 16.3 Å². The summed E-state index contributed by atoms with van der Waals surface area (Å²) in [5, 5.41) is 17.6. The first kappa shape index (κ1) is 11.8. The largest absolute Gasteiger partial charge is 0.385 e. The van der Waals surface area contributed by atoms with E-state index in [0.29, 0.717) is 12.3 Å². The lowest BCUT2D eigenvalue weighted by atomic mass is 9.92. The second kappa shape index (κ2) is 4.76. The third-order valence-corrected chi connectivity index (χ3v) is 2.02. The van der Waals surface area contributed by atoms with E-state index >= 15 is 0 Å². The van der Waals surface area contributed by atoms with Crippen LogP contribution in [0.1, 0.15) is 12.8 Å². The number of nitrogens with two attached hydrogens (primary N) is 2. The van der Waals surface area contributed by atoms with E-state index in [2.05, 4.69) is 5.11 Å². The van der Waals surface area contributed by atoms with Gasteiger partial charge in [-0.05, 0) is 12.8 Å². The second-order valence-electron chi connectivity index (χ2n) is 2.59. The van der Waals surface area contributed by atoms with E-state index in [4.69, 9.17) is 39.4 Å². The molecule has 0 saturated carbocycles. The summed E-state index contributed by atoms with van der Waals surface area (Å²) in [7, 11) is 0. The standard InChI is InChI=1S/C6H13ClN6/c7-3-1-2-6(13-12,4(8)9)5(10)11/h12H,1-3H2,(H3,8,9)(H3,10,11). The zero-order valence-electron chi connectivity index (χ0n) is 7.10. The van der Waals surface area contributed by atoms with E-state index < -0.39 is 5.54 Å². The van der Waals surface area contributed by atoms with Crippen LogP contribution in [0.3, 0.4) is 0 Å². The number of rotatable bonds is 6. The highest BCUT2D eigenvalue weighted by atomic mass is 35.5. The highest BCUT2D eigenvalue weighted by molar-refractivity contribution is 6.18. The van der Waals surface area contributed by atoms with Crippen molar-refractivity contribution in [1.82, 2.24) is 0 Å². The first-order valence-electron chi connectivity index (χ1n) is 3.65. The third-order valence-electron chi connectivity index (χ3n) is 1.75. The number of hydrogen-bond donors (Lipinski definition) is 5. The molecule has 7 N–H and O–H groups in total. The van der Waals surface area contributed by atoms with E-state index in [0.717, 1.165) is 0 Å². The maximum absolute atomic E-state index is 7.21. The first-order valence-corrected chi connectivity index (χ1v) is 4.18. The fourth-order valence-corrected chi connectivity index (χ4v) is 1.05. The molecule has 0 atom stereocenters. The Morgan fingerprint density at radius 2 is 1.77 bits per heavy atom. The predicted octanol–water partition coefficient (Wildman–Crippen LogP) is 0.647. The van der Waals surface area contributed by atoms with Crippen LogP contribution >= 0.6 is 11.6 Å². The zero-order chi connectivity index (χ0) is 10.5. The molecule has 0 spiro atoms. The van der Waals surface area contributed by atoms with Crippen molar-refractivity contribution in [1.29, 1.82) is 16.3 Å². The normalized spacial score (nSPS) is 14.5. The molecule has 0 rings (SSSR count). The van der Waals surface area contributed by atoms with Crippen molar-refractivity contribution >= 4 is 23.3 Å². The molecule has 0 aromatic heterocycles. The van der Waals surface area contributed by atoms with Gasteiger partial charge >= 0.3 is 0 Å². The van der Waals surface area contributed by atoms with Gasteiger partial charge in [0.05, 0.1) is 0 Å². The molecule has 0 amide bonds. The molecule has 0 fully saturated rings. The van der Waals surface area contributed by atoms with Gasteiger partial charge < -0.3 is 11.5 Å². The number of nitrogens with one attached hydrogen (secondary N) is 3. The fourth-order valence-electron chi connectivity index (χ4n) is 0.913. The average Bonchev–Trinajstić information content (AvgIpc) is 2.05. The molecule has 0 saturated heterocycles. The predicted molar refractivity (Wildman–Crippen MR) is 51.7 cm³/mol. The number of hydrogen-bond acceptors (Lipinski definition) is 4. The van der Waals surface area contributed by atoms with Crippen molar-refractivity contribution < 1.29 is 0 Å². The van der Waals surface area contributed by atoms with Crippen molar-refractivity contribution in [2.75, 3.05) is 5.88 Å². The van der Waals surface area contributed by atoms with Crippen molar-refractivity contribution in [3.63, 3.8) is 0 Å². The van der Waals surface area contributed by atoms with Gasteiger partial charge in [0.2, 0.25) is 0 Å². The molecule has 74 valence electrons. The van der Waals surface area contributed by atoms with Crippen LogP contribution in [0.15, 0.2) is 5.11 Å². The lowest BCUT2D eigenvalue weighted by Crippen LogP contribution is -2.51. The van der Waals surface area contributed by atoms with Crippen LogP contribution in [-0.2, 0) is 0 Å². The van der Waals surface area contributed by atoms with Gasteiger partial charge in [-0.15, -0.1) is 11.6 Å². The lowest BCUT2D eigenvalue weighted by Gasteiger charge is -2.24. The van der Waals surface area contributed by atoms with Gasteiger partial charge in [0.25, 0.3) is 0 Å². The van der Waals surface area contributed by atoms with Gasteiger partial charge in [-0.3, -0.25) is 10.8 Å². The summed E-state index contributed by atoms with van der Waals surface area (Å²) in [4.78, 5) is 0. The Hall–Kier alpha value is -1.17. The minimum atomic E-state index is -1.48. The highest BCUT2D eigenvalue weighted by Gasteiger charge is 2.36. The molecule has 0 aromatic rings. The van der Waals surface area contributed by atoms with E-state index in [-0.39, 0.29) is 18.1 Å². The zero-order valence-corrected chi connectivity index (χ0v) is 7.86. The molecule has 0 aliphatic rings. The smallest absolute Gasteiger partial charge is 0.193 e. The second-order valence-corrected chi connectivity index (χ2v) is 2.97. The topological polar surface area (TPSA) is 136 Å². The Morgan fingerprint density at radius 1 is 1.31 bits per heavy atom. The summed E-state index contributed by atoms with van der Waals surface area (Å²) < 4.78 is 0. The number of alkyl halides is 1. The van der Waals surface area contributed by atoms with E-state index in [1.165, 1.54) is 0 Å². The van der Waals surface area contributed by atoms with Gasteiger partial charge in [0.15, 0.2) is 5.54 Å². The van der Waals surface area contributed by atoms with Crippen LogP contribution in [0.2, 0.25) is 0 Å². The summed E-state index contributed by atoms with van der Waals surface area (Å²) in [6.45, 7) is 0. The molecule has 0 aliphatic carbocycles. The van der Waals surface area contributed by atoms with Crippen LogP contribution in [-0.4, -0.2) is 23.1 Å². The SMILES string of the molecule is N=NC(CCCCl)(C(=N)N)C(=N)N. The van der Waals surface area contributed by atoms with Gasteiger partial charge in [-0.25, -0.2) is 5.53 Å². The molecule has 13 heavy (non-hydrogen) atoms. The molecular weight excluding hydrogens is 192 g/mol. The van der Waals surface area contributed by atoms with Crippen molar-refractivity contribution in [3.8, 4) is 0 Å². The maximum atomic E-state index is 7.21. The molecule has 0 radical (unpaired) electrons. The Morgan fingerprint density at radius 3 is 2.00 bits per heavy atom. The monoisotopic (exact) mass is 204 g/mol. The lowest BCUT2D eigenvalue weighted by molar-refractivity contribution is 0.594. The summed E-state index contributed by atoms with van der Waals surface area (Å²) in [6, 6.07) is 0.